The Morgan fingerprint density at radius 2 is 2.31 bits per heavy atom. The normalized spacial score (nSPS) is 10.1. The van der Waals surface area contributed by atoms with E-state index in [-0.39, 0.29) is 0 Å². The number of hydrogen-bond acceptors (Lipinski definition) is 5. The Balaban J connectivity index is 2.02. The van der Waals surface area contributed by atoms with Crippen LogP contribution < -0.4 is 10.1 Å². The third-order valence-electron chi connectivity index (χ3n) is 2.22. The number of nitrogens with zero attached hydrogens (tertiary/aromatic N) is 3. The number of aromatic nitrogens is 4. The molecule has 6 nitrogen and oxygen atoms in total. The van der Waals surface area contributed by atoms with Crippen LogP contribution in [0.1, 0.15) is 11.3 Å². The highest BCUT2D eigenvalue weighted by atomic mass is 16.5. The van der Waals surface area contributed by atoms with Gasteiger partial charge < -0.3 is 10.1 Å². The van der Waals surface area contributed by atoms with Crippen molar-refractivity contribution in [2.75, 3.05) is 12.4 Å². The molecule has 0 radical (unpaired) electrons. The van der Waals surface area contributed by atoms with E-state index in [2.05, 4.69) is 25.5 Å². The zero-order chi connectivity index (χ0) is 11.4. The minimum absolute atomic E-state index is 0.494. The third kappa shape index (κ3) is 2.28. The molecule has 2 heterocycles. The monoisotopic (exact) mass is 219 g/mol. The predicted molar refractivity (Wildman–Crippen MR) is 59.2 cm³/mol. The number of H-pyrrole nitrogens is 1. The number of methoxy groups -OCH3 is 1. The van der Waals surface area contributed by atoms with Gasteiger partial charge in [0.05, 0.1) is 25.2 Å². The zero-order valence-electron chi connectivity index (χ0n) is 9.19. The van der Waals surface area contributed by atoms with E-state index in [0.717, 1.165) is 11.3 Å². The van der Waals surface area contributed by atoms with Gasteiger partial charge in [0.1, 0.15) is 5.82 Å². The first-order chi connectivity index (χ1) is 7.79. The Labute approximate surface area is 93.1 Å². The van der Waals surface area contributed by atoms with E-state index in [1.807, 2.05) is 13.1 Å². The van der Waals surface area contributed by atoms with Crippen LogP contribution in [-0.2, 0) is 6.54 Å². The van der Waals surface area contributed by atoms with Crippen LogP contribution in [0.4, 0.5) is 5.82 Å². The van der Waals surface area contributed by atoms with Crippen molar-refractivity contribution in [3.05, 3.63) is 29.8 Å². The molecule has 0 saturated heterocycles. The molecule has 0 atom stereocenters. The molecule has 6 heteroatoms. The first kappa shape index (κ1) is 10.4. The van der Waals surface area contributed by atoms with Gasteiger partial charge in [-0.1, -0.05) is 0 Å². The quantitative estimate of drug-likeness (QED) is 0.806. The maximum atomic E-state index is 4.98. The fourth-order valence-corrected chi connectivity index (χ4v) is 1.28. The van der Waals surface area contributed by atoms with Crippen molar-refractivity contribution in [3.8, 4) is 5.88 Å². The summed E-state index contributed by atoms with van der Waals surface area (Å²) < 4.78 is 4.98. The van der Waals surface area contributed by atoms with Crippen molar-refractivity contribution in [1.29, 1.82) is 0 Å². The minimum Gasteiger partial charge on any atom is -0.480 e. The summed E-state index contributed by atoms with van der Waals surface area (Å²) in [6.07, 6.45) is 5.07. The number of nitrogens with one attached hydrogen (secondary N) is 2. The van der Waals surface area contributed by atoms with Crippen LogP contribution in [0.25, 0.3) is 0 Å². The Morgan fingerprint density at radius 3 is 3.00 bits per heavy atom. The maximum Gasteiger partial charge on any atom is 0.233 e. The van der Waals surface area contributed by atoms with Crippen molar-refractivity contribution < 1.29 is 4.74 Å². The highest BCUT2D eigenvalue weighted by molar-refractivity contribution is 5.34. The van der Waals surface area contributed by atoms with Crippen LogP contribution in [0.3, 0.4) is 0 Å². The summed E-state index contributed by atoms with van der Waals surface area (Å²) in [6, 6.07) is 0. The van der Waals surface area contributed by atoms with Crippen molar-refractivity contribution in [1.82, 2.24) is 20.2 Å². The highest BCUT2D eigenvalue weighted by Gasteiger charge is 2.02. The maximum absolute atomic E-state index is 4.98. The van der Waals surface area contributed by atoms with Crippen LogP contribution in [0, 0.1) is 6.92 Å². The van der Waals surface area contributed by atoms with E-state index in [1.54, 1.807) is 19.5 Å². The van der Waals surface area contributed by atoms with Gasteiger partial charge in [0, 0.05) is 18.3 Å². The van der Waals surface area contributed by atoms with E-state index < -0.39 is 0 Å². The predicted octanol–water partition coefficient (Wildman–Crippen LogP) is 1.13. The van der Waals surface area contributed by atoms with Gasteiger partial charge in [-0.25, -0.2) is 0 Å². The van der Waals surface area contributed by atoms with E-state index in [0.29, 0.717) is 18.2 Å². The molecule has 0 amide bonds. The molecule has 0 spiro atoms. The lowest BCUT2D eigenvalue weighted by atomic mass is 10.3. The van der Waals surface area contributed by atoms with Gasteiger partial charge >= 0.3 is 0 Å². The van der Waals surface area contributed by atoms with Gasteiger partial charge in [0.25, 0.3) is 0 Å². The molecule has 0 aliphatic heterocycles. The van der Waals surface area contributed by atoms with Gasteiger partial charge in [-0.3, -0.25) is 10.1 Å². The molecule has 0 bridgehead atoms. The summed E-state index contributed by atoms with van der Waals surface area (Å²) >= 11 is 0. The second-order valence-electron chi connectivity index (χ2n) is 3.30. The van der Waals surface area contributed by atoms with Crippen LogP contribution in [-0.4, -0.2) is 27.3 Å². The van der Waals surface area contributed by atoms with Crippen molar-refractivity contribution in [3.63, 3.8) is 0 Å². The topological polar surface area (TPSA) is 75.7 Å². The Bertz CT molecular complexity index is 468. The second-order valence-corrected chi connectivity index (χ2v) is 3.30. The molecule has 16 heavy (non-hydrogen) atoms. The fourth-order valence-electron chi connectivity index (χ4n) is 1.28. The smallest absolute Gasteiger partial charge is 0.233 e. The molecule has 0 aliphatic carbocycles. The first-order valence-corrected chi connectivity index (χ1v) is 4.89. The molecule has 84 valence electrons. The van der Waals surface area contributed by atoms with Gasteiger partial charge in [-0.2, -0.15) is 10.1 Å². The molecule has 0 unspecified atom stereocenters. The van der Waals surface area contributed by atoms with Crippen LogP contribution >= 0.6 is 0 Å². The number of anilines is 1. The Morgan fingerprint density at radius 1 is 1.44 bits per heavy atom. The SMILES string of the molecule is COc1cncc(NCc2c[nH]nc2C)n1. The average Bonchev–Trinajstić information content (AvgIpc) is 2.72. The second kappa shape index (κ2) is 4.61. The van der Waals surface area contributed by atoms with Gasteiger partial charge in [0.15, 0.2) is 0 Å². The summed E-state index contributed by atoms with van der Waals surface area (Å²) in [5.41, 5.74) is 2.08. The zero-order valence-corrected chi connectivity index (χ0v) is 9.19. The summed E-state index contributed by atoms with van der Waals surface area (Å²) in [7, 11) is 1.56. The Kier molecular flexibility index (Phi) is 3.00. The van der Waals surface area contributed by atoms with E-state index in [9.17, 15) is 0 Å². The molecule has 0 saturated carbocycles. The van der Waals surface area contributed by atoms with Crippen molar-refractivity contribution in [2.24, 2.45) is 0 Å². The molecule has 0 aromatic carbocycles. The largest absolute Gasteiger partial charge is 0.480 e. The molecule has 0 aliphatic rings. The van der Waals surface area contributed by atoms with Gasteiger partial charge in [-0.05, 0) is 6.92 Å². The lowest BCUT2D eigenvalue weighted by molar-refractivity contribution is 0.396. The van der Waals surface area contributed by atoms with Gasteiger partial charge in [-0.15, -0.1) is 0 Å². The summed E-state index contributed by atoms with van der Waals surface area (Å²) in [5, 5.41) is 9.99. The van der Waals surface area contributed by atoms with E-state index in [4.69, 9.17) is 4.74 Å². The molecule has 2 N–H and O–H groups in total. The number of aromatic amines is 1. The number of aryl methyl sites for hydroxylation is 1. The fraction of sp³-hybridized carbons (Fsp3) is 0.300. The molecule has 2 aromatic rings. The van der Waals surface area contributed by atoms with E-state index >= 15 is 0 Å². The van der Waals surface area contributed by atoms with Crippen LogP contribution in [0.15, 0.2) is 18.6 Å². The standard InChI is InChI=1S/C10H13N5O/c1-7-8(4-13-15-7)3-12-9-5-11-6-10(14-9)16-2/h4-6H,3H2,1-2H3,(H,12,14)(H,13,15). The molecular formula is C10H13N5O. The highest BCUT2D eigenvalue weighted by Crippen LogP contribution is 2.10. The summed E-state index contributed by atoms with van der Waals surface area (Å²) in [6.45, 7) is 2.61. The molecule has 0 fully saturated rings. The van der Waals surface area contributed by atoms with Crippen LogP contribution in [0.5, 0.6) is 5.88 Å². The van der Waals surface area contributed by atoms with Crippen LogP contribution in [0.2, 0.25) is 0 Å². The molecule has 2 aromatic heterocycles. The number of ether oxygens (including phenoxy) is 1. The summed E-state index contributed by atoms with van der Waals surface area (Å²) in [4.78, 5) is 8.20. The van der Waals surface area contributed by atoms with E-state index in [1.165, 1.54) is 0 Å². The third-order valence-corrected chi connectivity index (χ3v) is 2.22. The van der Waals surface area contributed by atoms with Crippen molar-refractivity contribution in [2.45, 2.75) is 13.5 Å². The number of hydrogen-bond donors (Lipinski definition) is 2. The van der Waals surface area contributed by atoms with Gasteiger partial charge in [0.2, 0.25) is 5.88 Å². The molecular weight excluding hydrogens is 206 g/mol. The van der Waals surface area contributed by atoms with Crippen molar-refractivity contribution >= 4 is 5.82 Å². The lowest BCUT2D eigenvalue weighted by Crippen LogP contribution is -2.03. The first-order valence-electron chi connectivity index (χ1n) is 4.89. The Hall–Kier alpha value is -2.11. The lowest BCUT2D eigenvalue weighted by Gasteiger charge is -2.05. The molecule has 2 rings (SSSR count). The average molecular weight is 219 g/mol. The minimum atomic E-state index is 0.494. The summed E-state index contributed by atoms with van der Waals surface area (Å²) in [5.74, 6) is 1.17. The number of rotatable bonds is 4.